The van der Waals surface area contributed by atoms with Gasteiger partial charge in [-0.2, -0.15) is 0 Å². The Labute approximate surface area is 581 Å². The molecule has 1 unspecified atom stereocenters. The number of nitrogens with two attached hydrogens (primary N) is 1. The number of carbonyl (C=O) groups excluding carboxylic acids is 11. The molecule has 1 aliphatic carbocycles. The van der Waals surface area contributed by atoms with E-state index in [-0.39, 0.29) is 105 Å². The van der Waals surface area contributed by atoms with E-state index in [2.05, 4.69) is 41.9 Å². The van der Waals surface area contributed by atoms with Crippen molar-refractivity contribution in [2.75, 3.05) is 46.2 Å². The van der Waals surface area contributed by atoms with Gasteiger partial charge in [0.2, 0.25) is 41.4 Å². The van der Waals surface area contributed by atoms with Crippen LogP contribution in [0.25, 0.3) is 0 Å². The van der Waals surface area contributed by atoms with Gasteiger partial charge in [-0.15, -0.1) is 0 Å². The molecular formula is C72H103N13O14. The lowest BCUT2D eigenvalue weighted by atomic mass is 9.89. The molecule has 1 saturated carbocycles. The Morgan fingerprint density at radius 3 is 2.06 bits per heavy atom. The second kappa shape index (κ2) is 37.4. The predicted molar refractivity (Wildman–Crippen MR) is 368 cm³/mol. The summed E-state index contributed by atoms with van der Waals surface area (Å²) in [7, 11) is 4.74. The monoisotopic (exact) mass is 1370 g/mol. The number of methoxy groups -OCH3 is 2. The lowest BCUT2D eigenvalue weighted by molar-refractivity contribution is -0.148. The van der Waals surface area contributed by atoms with Crippen LogP contribution in [0.1, 0.15) is 155 Å². The number of likely N-dealkylation sites (tertiary alicyclic amines) is 2. The number of benzene rings is 2. The van der Waals surface area contributed by atoms with E-state index in [0.717, 1.165) is 10.5 Å². The minimum atomic E-state index is -1.11. The summed E-state index contributed by atoms with van der Waals surface area (Å²) in [6, 6.07) is 11.4. The van der Waals surface area contributed by atoms with E-state index in [1.807, 2.05) is 58.0 Å². The summed E-state index contributed by atoms with van der Waals surface area (Å²) in [5, 5.41) is 17.1. The maximum atomic E-state index is 15.0. The minimum absolute atomic E-state index is 0.0745. The summed E-state index contributed by atoms with van der Waals surface area (Å²) in [5.74, 6) is -4.94. The number of likely N-dealkylation sites (N-methyl/N-ethyl adjacent to an activating group) is 1. The van der Waals surface area contributed by atoms with Crippen molar-refractivity contribution in [3.05, 3.63) is 102 Å². The molecule has 2 saturated heterocycles. The summed E-state index contributed by atoms with van der Waals surface area (Å²) < 4.78 is 18.1. The highest BCUT2D eigenvalue weighted by atomic mass is 16.6. The molecule has 0 radical (unpaired) electrons. The number of hydrogen-bond acceptors (Lipinski definition) is 16. The number of urea groups is 1. The Balaban J connectivity index is 0.937. The number of anilines is 1. The van der Waals surface area contributed by atoms with Gasteiger partial charge in [-0.3, -0.25) is 53.0 Å². The van der Waals surface area contributed by atoms with Crippen molar-refractivity contribution in [2.45, 2.75) is 206 Å². The van der Waals surface area contributed by atoms with E-state index in [9.17, 15) is 52.7 Å². The Kier molecular flexibility index (Phi) is 29.3. The lowest BCUT2D eigenvalue weighted by Crippen LogP contribution is -2.60. The van der Waals surface area contributed by atoms with Crippen LogP contribution in [-0.2, 0) is 70.4 Å². The van der Waals surface area contributed by atoms with Gasteiger partial charge in [0.05, 0.1) is 42.7 Å². The van der Waals surface area contributed by atoms with Crippen molar-refractivity contribution in [2.24, 2.45) is 35.3 Å². The standard InChI is InChI=1S/C72H103N13O14/c1-11-45(6)62(55(97-9)41-59(89)83-38-19-24-54(83)64(98-10)46(7)66(90)79-53(65-74-35-20-36-75-65)39-47-21-14-12-15-22-47)82(8)70(94)61(44(4)5)81-69(93)63-49-28-31-51(40-49)85(63)72(96)99-42-48-26-29-50(30-27-48)77-67(91)52(23-18-34-76-71(73)95)78-68(92)60(43(2)3)80-56(86)25-16-13-17-37-84-57(87)32-33-58(84)88/h12,14-15,20-22,26-27,29-30,32-33,35-36,43-46,49,51-55,60-64H,11,13,16-19,23-25,28,31,34,37-42H2,1-10H3,(H,77,91)(H,78,92)(H,79,90)(H,80,86)(H,81,93)(H3,73,76,95)/t45-,46+,49-,51+,52-,53-,54-,55+,60-,61-,62-,63?,64+/m0/s1. The Morgan fingerprint density at radius 1 is 0.737 bits per heavy atom. The van der Waals surface area contributed by atoms with Crippen LogP contribution < -0.4 is 37.6 Å². The van der Waals surface area contributed by atoms with Crippen LogP contribution >= 0.6 is 0 Å². The number of nitrogens with one attached hydrogen (secondary N) is 6. The SMILES string of the molecule is CC[C@H](C)[C@@H]([C@@H](CC(=O)N1CCC[C@H]1[C@H](OC)[C@@H](C)C(=O)N[C@@H](Cc1ccccc1)c1ncccn1)OC)N(C)C(=O)[C@@H](NC(=O)C1[C@H]2CC[C@H](C2)N1C(=O)OCc1ccc(NC(=O)[C@H](CCCNC(N)=O)NC(=O)[C@@H](NC(=O)CCCCCN2C(=O)C=CC2=O)C(C)C)cc1)C(C)C. The summed E-state index contributed by atoms with van der Waals surface area (Å²) in [4.78, 5) is 163. The van der Waals surface area contributed by atoms with Crippen LogP contribution in [0.2, 0.25) is 0 Å². The fourth-order valence-electron chi connectivity index (χ4n) is 14.1. The van der Waals surface area contributed by atoms with Gasteiger partial charge in [0.1, 0.15) is 30.8 Å². The molecule has 13 atom stereocenters. The molecule has 2 aromatic carbocycles. The maximum Gasteiger partial charge on any atom is 0.411 e. The fraction of sp³-hybridized carbons (Fsp3) is 0.597. The first-order valence-electron chi connectivity index (χ1n) is 34.9. The maximum absolute atomic E-state index is 15.0. The van der Waals surface area contributed by atoms with E-state index in [0.29, 0.717) is 87.8 Å². The van der Waals surface area contributed by atoms with Crippen LogP contribution in [0.3, 0.4) is 0 Å². The molecule has 8 N–H and O–H groups in total. The van der Waals surface area contributed by atoms with Gasteiger partial charge in [0.15, 0.2) is 5.82 Å². The molecule has 27 nitrogen and oxygen atoms in total. The molecule has 1 aromatic heterocycles. The molecule has 3 aliphatic heterocycles. The molecule has 0 spiro atoms. The summed E-state index contributed by atoms with van der Waals surface area (Å²) in [6.07, 6.45) is 9.84. The number of nitrogens with zero attached hydrogens (tertiary/aromatic N) is 6. The van der Waals surface area contributed by atoms with E-state index >= 15 is 0 Å². The number of carbonyl (C=O) groups is 11. The number of fused-ring (bicyclic) bond motifs is 2. The van der Waals surface area contributed by atoms with Gasteiger partial charge >= 0.3 is 12.1 Å². The minimum Gasteiger partial charge on any atom is -0.445 e. The number of hydrogen-bond donors (Lipinski definition) is 7. The van der Waals surface area contributed by atoms with E-state index in [1.165, 1.54) is 24.2 Å². The molecule has 540 valence electrons. The Bertz CT molecular complexity index is 3270. The highest BCUT2D eigenvalue weighted by Crippen LogP contribution is 2.43. The number of imide groups is 1. The van der Waals surface area contributed by atoms with Crippen LogP contribution in [-0.4, -0.2) is 190 Å². The topological polar surface area (TPSA) is 352 Å². The Hall–Kier alpha value is -8.85. The number of rotatable bonds is 37. The third-order valence-electron chi connectivity index (χ3n) is 19.7. The molecule has 4 aliphatic rings. The van der Waals surface area contributed by atoms with Crippen molar-refractivity contribution in [3.63, 3.8) is 0 Å². The van der Waals surface area contributed by atoms with E-state index in [4.69, 9.17) is 19.9 Å². The van der Waals surface area contributed by atoms with Gasteiger partial charge in [0, 0.05) is 83.6 Å². The smallest absolute Gasteiger partial charge is 0.411 e. The van der Waals surface area contributed by atoms with Crippen molar-refractivity contribution < 1.29 is 67.0 Å². The van der Waals surface area contributed by atoms with Gasteiger partial charge in [-0.1, -0.05) is 104 Å². The highest BCUT2D eigenvalue weighted by molar-refractivity contribution is 6.12. The average Bonchev–Trinajstić information content (AvgIpc) is 1.62. The first-order valence-corrected chi connectivity index (χ1v) is 34.9. The van der Waals surface area contributed by atoms with Crippen LogP contribution in [0.15, 0.2) is 85.2 Å². The molecule has 3 aromatic rings. The molecule has 2 bridgehead atoms. The highest BCUT2D eigenvalue weighted by Gasteiger charge is 2.53. The molecule has 3 fully saturated rings. The fourth-order valence-corrected chi connectivity index (χ4v) is 14.1. The number of unbranched alkanes of at least 4 members (excludes halogenated alkanes) is 2. The van der Waals surface area contributed by atoms with Gasteiger partial charge in [-0.25, -0.2) is 19.6 Å². The number of amides is 12. The molecule has 4 heterocycles. The third-order valence-corrected chi connectivity index (χ3v) is 19.7. The predicted octanol–water partition coefficient (Wildman–Crippen LogP) is 5.63. The number of ether oxygens (including phenoxy) is 3. The number of piperidine rings is 1. The van der Waals surface area contributed by atoms with Crippen molar-refractivity contribution >= 4 is 71.0 Å². The second-order valence-electron chi connectivity index (χ2n) is 27.3. The first kappa shape index (κ1) is 77.5. The largest absolute Gasteiger partial charge is 0.445 e. The quantitative estimate of drug-likeness (QED) is 0.0272. The summed E-state index contributed by atoms with van der Waals surface area (Å²) in [6.45, 7) is 13.6. The molecule has 7 rings (SSSR count). The zero-order chi connectivity index (χ0) is 72.0. The van der Waals surface area contributed by atoms with Gasteiger partial charge in [0.25, 0.3) is 11.8 Å². The molecule has 12 amide bonds. The number of aromatic nitrogens is 2. The van der Waals surface area contributed by atoms with Crippen molar-refractivity contribution in [1.82, 2.24) is 56.2 Å². The molecule has 27 heteroatoms. The molecule has 99 heavy (non-hydrogen) atoms. The van der Waals surface area contributed by atoms with Crippen LogP contribution in [0, 0.1) is 29.6 Å². The Morgan fingerprint density at radius 2 is 1.42 bits per heavy atom. The van der Waals surface area contributed by atoms with Crippen molar-refractivity contribution in [1.29, 1.82) is 0 Å². The van der Waals surface area contributed by atoms with E-state index in [1.54, 1.807) is 87.5 Å². The van der Waals surface area contributed by atoms with Crippen LogP contribution in [0.4, 0.5) is 15.3 Å². The molecular weight excluding hydrogens is 1270 g/mol. The van der Waals surface area contributed by atoms with Gasteiger partial charge < -0.3 is 61.6 Å². The normalized spacial score (nSPS) is 19.9. The van der Waals surface area contributed by atoms with Crippen LogP contribution in [0.5, 0.6) is 0 Å². The average molecular weight is 1370 g/mol. The third kappa shape index (κ3) is 21.1. The number of primary amides is 1. The van der Waals surface area contributed by atoms with Crippen molar-refractivity contribution in [3.8, 4) is 0 Å². The lowest BCUT2D eigenvalue weighted by Gasteiger charge is -2.41. The summed E-state index contributed by atoms with van der Waals surface area (Å²) in [5.41, 5.74) is 7.18. The van der Waals surface area contributed by atoms with E-state index < -0.39 is 96.2 Å². The summed E-state index contributed by atoms with van der Waals surface area (Å²) >= 11 is 0. The van der Waals surface area contributed by atoms with Gasteiger partial charge in [-0.05, 0) is 117 Å². The zero-order valence-corrected chi connectivity index (χ0v) is 58.9. The zero-order valence-electron chi connectivity index (χ0n) is 58.9. The second-order valence-corrected chi connectivity index (χ2v) is 27.3. The first-order chi connectivity index (χ1) is 47.3.